The Balaban J connectivity index is 2.28. The highest BCUT2D eigenvalue weighted by atomic mass is 79.9. The molecule has 2 rings (SSSR count). The molecule has 0 aliphatic carbocycles. The van der Waals surface area contributed by atoms with Crippen LogP contribution in [-0.2, 0) is 9.53 Å². The summed E-state index contributed by atoms with van der Waals surface area (Å²) in [4.78, 5) is 16.3. The van der Waals surface area contributed by atoms with E-state index in [0.717, 1.165) is 15.7 Å². The number of nitrogens with one attached hydrogen (secondary N) is 1. The number of esters is 1. The lowest BCUT2D eigenvalue weighted by molar-refractivity contribution is -0.141. The lowest BCUT2D eigenvalue weighted by Crippen LogP contribution is -2.22. The van der Waals surface area contributed by atoms with E-state index in [2.05, 4.69) is 26.2 Å². The van der Waals surface area contributed by atoms with Gasteiger partial charge in [-0.1, -0.05) is 30.3 Å². The van der Waals surface area contributed by atoms with Crippen LogP contribution in [0.5, 0.6) is 0 Å². The van der Waals surface area contributed by atoms with Gasteiger partial charge in [-0.2, -0.15) is 0 Å². The number of ether oxygens (including phenoxy) is 1. The molecular formula is C15H15BrN2O2. The highest BCUT2D eigenvalue weighted by molar-refractivity contribution is 9.10. The van der Waals surface area contributed by atoms with Crippen LogP contribution in [0.1, 0.15) is 17.3 Å². The average molecular weight is 335 g/mol. The van der Waals surface area contributed by atoms with Crippen LogP contribution in [0, 0.1) is 6.92 Å². The number of carbonyl (C=O) groups is 1. The molecule has 0 radical (unpaired) electrons. The smallest absolute Gasteiger partial charge is 0.333 e. The first-order chi connectivity index (χ1) is 9.61. The summed E-state index contributed by atoms with van der Waals surface area (Å²) in [5.74, 6) is 0.281. The maximum absolute atomic E-state index is 11.9. The van der Waals surface area contributed by atoms with Crippen molar-refractivity contribution < 1.29 is 9.53 Å². The van der Waals surface area contributed by atoms with Crippen LogP contribution in [-0.4, -0.2) is 18.1 Å². The summed E-state index contributed by atoms with van der Waals surface area (Å²) in [7, 11) is 1.38. The molecule has 1 heterocycles. The summed E-state index contributed by atoms with van der Waals surface area (Å²) in [5.41, 5.74) is 1.69. The minimum atomic E-state index is -0.575. The summed E-state index contributed by atoms with van der Waals surface area (Å²) in [5, 5.41) is 3.11. The summed E-state index contributed by atoms with van der Waals surface area (Å²) in [6, 6.07) is 12.6. The largest absolute Gasteiger partial charge is 0.467 e. The first-order valence-corrected chi connectivity index (χ1v) is 6.93. The standard InChI is InChI=1S/C15H15BrN2O2/c1-10-12(16)8-9-13(17-10)18-14(15(19)20-2)11-6-4-3-5-7-11/h3-9,14H,1-2H3,(H,17,18). The van der Waals surface area contributed by atoms with E-state index in [0.29, 0.717) is 5.82 Å². The third-order valence-corrected chi connectivity index (χ3v) is 3.72. The Morgan fingerprint density at radius 3 is 2.55 bits per heavy atom. The van der Waals surface area contributed by atoms with Crippen molar-refractivity contribution in [2.75, 3.05) is 12.4 Å². The molecule has 1 atom stereocenters. The quantitative estimate of drug-likeness (QED) is 0.869. The third kappa shape index (κ3) is 3.36. The first-order valence-electron chi connectivity index (χ1n) is 6.14. The Morgan fingerprint density at radius 2 is 1.95 bits per heavy atom. The second kappa shape index (κ2) is 6.52. The zero-order valence-corrected chi connectivity index (χ0v) is 12.8. The van der Waals surface area contributed by atoms with Gasteiger partial charge in [-0.05, 0) is 40.5 Å². The van der Waals surface area contributed by atoms with E-state index in [4.69, 9.17) is 4.74 Å². The van der Waals surface area contributed by atoms with Crippen LogP contribution >= 0.6 is 15.9 Å². The van der Waals surface area contributed by atoms with Gasteiger partial charge in [-0.25, -0.2) is 9.78 Å². The zero-order chi connectivity index (χ0) is 14.5. The molecule has 0 fully saturated rings. The van der Waals surface area contributed by atoms with E-state index in [1.807, 2.05) is 49.4 Å². The van der Waals surface area contributed by atoms with E-state index >= 15 is 0 Å². The Hall–Kier alpha value is -1.88. The van der Waals surface area contributed by atoms with Crippen LogP contribution in [0.15, 0.2) is 46.9 Å². The number of benzene rings is 1. The Kier molecular flexibility index (Phi) is 4.74. The van der Waals surface area contributed by atoms with Gasteiger partial charge in [0.05, 0.1) is 12.8 Å². The predicted molar refractivity (Wildman–Crippen MR) is 81.5 cm³/mol. The first kappa shape index (κ1) is 14.5. The predicted octanol–water partition coefficient (Wildman–Crippen LogP) is 3.48. The molecule has 1 aromatic heterocycles. The SMILES string of the molecule is COC(=O)C(Nc1ccc(Br)c(C)n1)c1ccccc1. The summed E-state index contributed by atoms with van der Waals surface area (Å²) < 4.78 is 5.78. The fourth-order valence-electron chi connectivity index (χ4n) is 1.81. The van der Waals surface area contributed by atoms with Crippen molar-refractivity contribution in [1.82, 2.24) is 4.98 Å². The molecule has 4 nitrogen and oxygen atoms in total. The minimum Gasteiger partial charge on any atom is -0.467 e. The maximum atomic E-state index is 11.9. The fourth-order valence-corrected chi connectivity index (χ4v) is 2.03. The number of carbonyl (C=O) groups excluding carboxylic acids is 1. The molecule has 5 heteroatoms. The van der Waals surface area contributed by atoms with Gasteiger partial charge < -0.3 is 10.1 Å². The van der Waals surface area contributed by atoms with Crippen molar-refractivity contribution in [2.45, 2.75) is 13.0 Å². The molecule has 0 bridgehead atoms. The van der Waals surface area contributed by atoms with Gasteiger partial charge in [-0.15, -0.1) is 0 Å². The molecule has 1 N–H and O–H groups in total. The fraction of sp³-hybridized carbons (Fsp3) is 0.200. The number of hydrogen-bond donors (Lipinski definition) is 1. The topological polar surface area (TPSA) is 51.2 Å². The molecule has 1 unspecified atom stereocenters. The van der Waals surface area contributed by atoms with E-state index in [1.54, 1.807) is 0 Å². The number of nitrogens with zero attached hydrogens (tertiary/aromatic N) is 1. The van der Waals surface area contributed by atoms with Gasteiger partial charge in [0.15, 0.2) is 6.04 Å². The van der Waals surface area contributed by atoms with Crippen molar-refractivity contribution in [3.63, 3.8) is 0 Å². The van der Waals surface area contributed by atoms with Gasteiger partial charge in [0, 0.05) is 4.47 Å². The number of methoxy groups -OCH3 is 1. The molecule has 0 amide bonds. The van der Waals surface area contributed by atoms with Gasteiger partial charge in [0.1, 0.15) is 5.82 Å². The number of hydrogen-bond acceptors (Lipinski definition) is 4. The van der Waals surface area contributed by atoms with Crippen molar-refractivity contribution in [3.05, 3.63) is 58.2 Å². The van der Waals surface area contributed by atoms with Crippen LogP contribution in [0.3, 0.4) is 0 Å². The maximum Gasteiger partial charge on any atom is 0.333 e. The molecular weight excluding hydrogens is 320 g/mol. The molecule has 0 spiro atoms. The molecule has 0 saturated carbocycles. The monoisotopic (exact) mass is 334 g/mol. The molecule has 104 valence electrons. The van der Waals surface area contributed by atoms with Crippen molar-refractivity contribution in [1.29, 1.82) is 0 Å². The molecule has 20 heavy (non-hydrogen) atoms. The number of rotatable bonds is 4. The lowest BCUT2D eigenvalue weighted by atomic mass is 10.1. The molecule has 0 aliphatic heterocycles. The van der Waals surface area contributed by atoms with E-state index in [1.165, 1.54) is 7.11 Å². The summed E-state index contributed by atoms with van der Waals surface area (Å²) >= 11 is 3.40. The zero-order valence-electron chi connectivity index (χ0n) is 11.3. The third-order valence-electron chi connectivity index (χ3n) is 2.88. The molecule has 2 aromatic rings. The van der Waals surface area contributed by atoms with Gasteiger partial charge in [-0.3, -0.25) is 0 Å². The van der Waals surface area contributed by atoms with Crippen molar-refractivity contribution >= 4 is 27.7 Å². The average Bonchev–Trinajstić information content (AvgIpc) is 2.48. The Bertz CT molecular complexity index is 602. The van der Waals surface area contributed by atoms with Crippen LogP contribution in [0.2, 0.25) is 0 Å². The van der Waals surface area contributed by atoms with E-state index < -0.39 is 6.04 Å². The number of aryl methyl sites for hydroxylation is 1. The molecule has 0 saturated heterocycles. The van der Waals surface area contributed by atoms with Crippen molar-refractivity contribution in [2.24, 2.45) is 0 Å². The second-order valence-corrected chi connectivity index (χ2v) is 5.13. The summed E-state index contributed by atoms with van der Waals surface area (Å²) in [6.07, 6.45) is 0. The molecule has 1 aromatic carbocycles. The normalized spacial score (nSPS) is 11.8. The van der Waals surface area contributed by atoms with E-state index in [-0.39, 0.29) is 5.97 Å². The minimum absolute atomic E-state index is 0.349. The molecule has 0 aliphatic rings. The lowest BCUT2D eigenvalue weighted by Gasteiger charge is -2.17. The number of halogens is 1. The van der Waals surface area contributed by atoms with Gasteiger partial charge in [0.2, 0.25) is 0 Å². The van der Waals surface area contributed by atoms with E-state index in [9.17, 15) is 4.79 Å². The van der Waals surface area contributed by atoms with Crippen LogP contribution in [0.25, 0.3) is 0 Å². The number of aromatic nitrogens is 1. The highest BCUT2D eigenvalue weighted by Crippen LogP contribution is 2.22. The highest BCUT2D eigenvalue weighted by Gasteiger charge is 2.21. The van der Waals surface area contributed by atoms with Gasteiger partial charge >= 0.3 is 5.97 Å². The Morgan fingerprint density at radius 1 is 1.25 bits per heavy atom. The second-order valence-electron chi connectivity index (χ2n) is 4.27. The number of anilines is 1. The van der Waals surface area contributed by atoms with Crippen molar-refractivity contribution in [3.8, 4) is 0 Å². The van der Waals surface area contributed by atoms with Crippen LogP contribution in [0.4, 0.5) is 5.82 Å². The Labute approximate surface area is 126 Å². The summed E-state index contributed by atoms with van der Waals surface area (Å²) in [6.45, 7) is 1.89. The number of pyridine rings is 1. The van der Waals surface area contributed by atoms with Crippen LogP contribution < -0.4 is 5.32 Å². The van der Waals surface area contributed by atoms with Gasteiger partial charge in [0.25, 0.3) is 0 Å².